The molecule has 150 valence electrons. The van der Waals surface area contributed by atoms with Crippen LogP contribution in [-0.4, -0.2) is 45.6 Å². The van der Waals surface area contributed by atoms with Crippen molar-refractivity contribution in [2.75, 3.05) is 39.6 Å². The highest BCUT2D eigenvalue weighted by Gasteiger charge is 2.02. The molecule has 0 heterocycles. The van der Waals surface area contributed by atoms with Gasteiger partial charge in [-0.3, -0.25) is 0 Å². The first kappa shape index (κ1) is 21.6. The summed E-state index contributed by atoms with van der Waals surface area (Å²) in [4.78, 5) is 11.1. The Balaban J connectivity index is 1.52. The molecule has 2 aromatic carbocycles. The second kappa shape index (κ2) is 11.9. The van der Waals surface area contributed by atoms with Crippen LogP contribution in [0.2, 0.25) is 0 Å². The molecule has 5 nitrogen and oxygen atoms in total. The molecule has 28 heavy (non-hydrogen) atoms. The number of carbonyl (C=O) groups excluding carboxylic acids is 1. The van der Waals surface area contributed by atoms with Crippen molar-refractivity contribution < 1.29 is 28.1 Å². The van der Waals surface area contributed by atoms with Crippen LogP contribution in [0.25, 0.3) is 11.1 Å². The highest BCUT2D eigenvalue weighted by Crippen LogP contribution is 2.22. The first-order valence-corrected chi connectivity index (χ1v) is 9.03. The average molecular weight is 388 g/mol. The lowest BCUT2D eigenvalue weighted by Gasteiger charge is -2.09. The van der Waals surface area contributed by atoms with Crippen LogP contribution in [0.1, 0.15) is 6.92 Å². The van der Waals surface area contributed by atoms with Crippen LogP contribution in [0.3, 0.4) is 0 Å². The fourth-order valence-corrected chi connectivity index (χ4v) is 2.24. The Morgan fingerprint density at radius 1 is 0.821 bits per heavy atom. The lowest BCUT2D eigenvalue weighted by atomic mass is 10.1. The van der Waals surface area contributed by atoms with Gasteiger partial charge in [-0.2, -0.15) is 0 Å². The summed E-state index contributed by atoms with van der Waals surface area (Å²) < 4.78 is 34.2. The summed E-state index contributed by atoms with van der Waals surface area (Å²) in [5, 5.41) is 0. The van der Waals surface area contributed by atoms with E-state index in [1.54, 1.807) is 19.1 Å². The zero-order valence-electron chi connectivity index (χ0n) is 16.0. The zero-order valence-corrected chi connectivity index (χ0v) is 16.0. The van der Waals surface area contributed by atoms with Crippen molar-refractivity contribution in [2.24, 2.45) is 0 Å². The maximum Gasteiger partial charge on any atom is 0.333 e. The number of rotatable bonds is 12. The third kappa shape index (κ3) is 7.90. The molecule has 0 radical (unpaired) electrons. The number of hydrogen-bond acceptors (Lipinski definition) is 5. The lowest BCUT2D eigenvalue weighted by Crippen LogP contribution is -2.14. The molecule has 0 fully saturated rings. The van der Waals surface area contributed by atoms with Crippen molar-refractivity contribution >= 4 is 5.97 Å². The van der Waals surface area contributed by atoms with E-state index in [0.717, 1.165) is 16.9 Å². The van der Waals surface area contributed by atoms with Crippen molar-refractivity contribution in [1.29, 1.82) is 0 Å². The van der Waals surface area contributed by atoms with E-state index in [9.17, 15) is 9.18 Å². The normalized spacial score (nSPS) is 10.5. The Kier molecular flexibility index (Phi) is 9.18. The summed E-state index contributed by atoms with van der Waals surface area (Å²) in [6.07, 6.45) is 0. The highest BCUT2D eigenvalue weighted by molar-refractivity contribution is 5.86. The molecule has 0 spiro atoms. The second-order valence-electron chi connectivity index (χ2n) is 6.02. The third-order valence-electron chi connectivity index (χ3n) is 3.71. The van der Waals surface area contributed by atoms with Crippen LogP contribution in [-0.2, 0) is 19.0 Å². The Morgan fingerprint density at radius 3 is 1.89 bits per heavy atom. The van der Waals surface area contributed by atoms with Gasteiger partial charge < -0.3 is 18.9 Å². The predicted octanol–water partition coefficient (Wildman–Crippen LogP) is 4.02. The van der Waals surface area contributed by atoms with Crippen LogP contribution in [0, 0.1) is 5.82 Å². The molecule has 0 amide bonds. The van der Waals surface area contributed by atoms with Crippen LogP contribution < -0.4 is 4.74 Å². The third-order valence-corrected chi connectivity index (χ3v) is 3.71. The van der Waals surface area contributed by atoms with E-state index in [1.165, 1.54) is 12.1 Å². The Hall–Kier alpha value is -2.70. The molecule has 0 bridgehead atoms. The minimum atomic E-state index is -0.414. The van der Waals surface area contributed by atoms with E-state index in [0.29, 0.717) is 38.6 Å². The van der Waals surface area contributed by atoms with Gasteiger partial charge in [0.15, 0.2) is 0 Å². The number of ether oxygens (including phenoxy) is 4. The topological polar surface area (TPSA) is 54.0 Å². The molecule has 6 heteroatoms. The molecule has 0 aliphatic heterocycles. The van der Waals surface area contributed by atoms with Crippen molar-refractivity contribution in [1.82, 2.24) is 0 Å². The van der Waals surface area contributed by atoms with Gasteiger partial charge in [-0.15, -0.1) is 0 Å². The molecule has 0 aliphatic carbocycles. The number of halogens is 1. The zero-order chi connectivity index (χ0) is 20.2. The van der Waals surface area contributed by atoms with Gasteiger partial charge in [0.1, 0.15) is 24.8 Å². The van der Waals surface area contributed by atoms with Gasteiger partial charge in [0.25, 0.3) is 0 Å². The van der Waals surface area contributed by atoms with Crippen LogP contribution >= 0.6 is 0 Å². The number of hydrogen-bond donors (Lipinski definition) is 0. The summed E-state index contributed by atoms with van der Waals surface area (Å²) in [6.45, 7) is 7.31. The van der Waals surface area contributed by atoms with Crippen molar-refractivity contribution in [3.63, 3.8) is 0 Å². The summed E-state index contributed by atoms with van der Waals surface area (Å²) in [6, 6.07) is 14.0. The SMILES string of the molecule is C=C(C)C(=O)OCCOCCOCCOc1ccc(-c2ccc(F)cc2)cc1. The lowest BCUT2D eigenvalue weighted by molar-refractivity contribution is -0.140. The van der Waals surface area contributed by atoms with Crippen LogP contribution in [0.4, 0.5) is 4.39 Å². The monoisotopic (exact) mass is 388 g/mol. The molecular formula is C22H25FO5. The Labute approximate surface area is 164 Å². The maximum absolute atomic E-state index is 13.0. The summed E-state index contributed by atoms with van der Waals surface area (Å²) in [5.74, 6) is 0.0769. The van der Waals surface area contributed by atoms with Crippen LogP contribution in [0.5, 0.6) is 5.75 Å². The predicted molar refractivity (Wildman–Crippen MR) is 105 cm³/mol. The molecular weight excluding hydrogens is 363 g/mol. The number of esters is 1. The van der Waals surface area contributed by atoms with E-state index >= 15 is 0 Å². The van der Waals surface area contributed by atoms with Gasteiger partial charge in [0.05, 0.1) is 26.4 Å². The van der Waals surface area contributed by atoms with E-state index in [2.05, 4.69) is 6.58 Å². The van der Waals surface area contributed by atoms with Crippen molar-refractivity contribution in [2.45, 2.75) is 6.92 Å². The standard InChI is InChI=1S/C22H25FO5/c1-17(2)22(24)28-16-14-26-12-11-25-13-15-27-21-9-5-19(6-10-21)18-3-7-20(23)8-4-18/h3-10H,1,11-16H2,2H3. The minimum absolute atomic E-state index is 0.197. The van der Waals surface area contributed by atoms with Gasteiger partial charge in [-0.25, -0.2) is 9.18 Å². The molecule has 0 unspecified atom stereocenters. The molecule has 0 N–H and O–H groups in total. The quantitative estimate of drug-likeness (QED) is 0.312. The number of carbonyl (C=O) groups is 1. The molecule has 0 aromatic heterocycles. The molecule has 2 aromatic rings. The molecule has 2 rings (SSSR count). The Bertz CT molecular complexity index is 741. The maximum atomic E-state index is 13.0. The largest absolute Gasteiger partial charge is 0.491 e. The molecule has 0 saturated heterocycles. The van der Waals surface area contributed by atoms with Gasteiger partial charge in [0.2, 0.25) is 0 Å². The Morgan fingerprint density at radius 2 is 1.32 bits per heavy atom. The highest BCUT2D eigenvalue weighted by atomic mass is 19.1. The van der Waals surface area contributed by atoms with Gasteiger partial charge in [-0.05, 0) is 42.3 Å². The van der Waals surface area contributed by atoms with Gasteiger partial charge in [-0.1, -0.05) is 30.8 Å². The van der Waals surface area contributed by atoms with Crippen LogP contribution in [0.15, 0.2) is 60.7 Å². The second-order valence-corrected chi connectivity index (χ2v) is 6.02. The fraction of sp³-hybridized carbons (Fsp3) is 0.318. The van der Waals surface area contributed by atoms with E-state index in [4.69, 9.17) is 18.9 Å². The molecule has 0 saturated carbocycles. The van der Waals surface area contributed by atoms with Crippen molar-refractivity contribution in [3.05, 3.63) is 66.5 Å². The molecule has 0 atom stereocenters. The van der Waals surface area contributed by atoms with Crippen molar-refractivity contribution in [3.8, 4) is 16.9 Å². The van der Waals surface area contributed by atoms with E-state index in [1.807, 2.05) is 24.3 Å². The summed E-state index contributed by atoms with van der Waals surface area (Å²) >= 11 is 0. The number of benzene rings is 2. The van der Waals surface area contributed by atoms with Gasteiger partial charge in [0, 0.05) is 5.57 Å². The summed E-state index contributed by atoms with van der Waals surface area (Å²) in [7, 11) is 0. The van der Waals surface area contributed by atoms with E-state index in [-0.39, 0.29) is 12.4 Å². The minimum Gasteiger partial charge on any atom is -0.491 e. The average Bonchev–Trinajstić information content (AvgIpc) is 2.70. The first-order valence-electron chi connectivity index (χ1n) is 9.03. The fourth-order valence-electron chi connectivity index (χ4n) is 2.24. The molecule has 0 aliphatic rings. The van der Waals surface area contributed by atoms with E-state index < -0.39 is 5.97 Å². The van der Waals surface area contributed by atoms with Gasteiger partial charge >= 0.3 is 5.97 Å². The first-order chi connectivity index (χ1) is 13.6. The summed E-state index contributed by atoms with van der Waals surface area (Å²) in [5.41, 5.74) is 2.31. The smallest absolute Gasteiger partial charge is 0.333 e.